The van der Waals surface area contributed by atoms with Crippen LogP contribution in [0, 0.1) is 0 Å². The third kappa shape index (κ3) is 9.60. The second-order valence-electron chi connectivity index (χ2n) is 20.9. The van der Waals surface area contributed by atoms with Crippen molar-refractivity contribution in [2.45, 2.75) is 150 Å². The number of hydrogen-bond donors (Lipinski definition) is 2. The molecule has 0 saturated carbocycles. The largest absolute Gasteiger partial charge is 0.507 e. The zero-order valence-electron chi connectivity index (χ0n) is 37.7. The summed E-state index contributed by atoms with van der Waals surface area (Å²) in [4.78, 5) is 0. The van der Waals surface area contributed by atoms with E-state index in [1.54, 1.807) is 0 Å². The van der Waals surface area contributed by atoms with Crippen LogP contribution >= 0.6 is 0 Å². The number of fused-ring (bicyclic) bond motifs is 8. The lowest BCUT2D eigenvalue weighted by atomic mass is 9.79. The molecule has 1 aliphatic rings. The first-order valence-electron chi connectivity index (χ1n) is 21.4. The highest BCUT2D eigenvalue weighted by Gasteiger charge is 2.28. The Hall–Kier alpha value is -4.70. The van der Waals surface area contributed by atoms with E-state index in [2.05, 4.69) is 151 Å². The molecule has 2 N–H and O–H groups in total. The summed E-state index contributed by atoms with van der Waals surface area (Å²) in [5, 5.41) is 24.9. The second-order valence-corrected chi connectivity index (χ2v) is 20.9. The maximum Gasteiger partial charge on any atom is 0.126 e. The van der Waals surface area contributed by atoms with Gasteiger partial charge in [0.1, 0.15) is 29.6 Å². The first-order valence-corrected chi connectivity index (χ1v) is 21.4. The zero-order valence-corrected chi connectivity index (χ0v) is 37.7. The van der Waals surface area contributed by atoms with Crippen LogP contribution in [0.5, 0.6) is 23.0 Å². The van der Waals surface area contributed by atoms with Gasteiger partial charge in [-0.25, -0.2) is 0 Å². The van der Waals surface area contributed by atoms with Crippen LogP contribution in [-0.4, -0.2) is 16.8 Å². The summed E-state index contributed by atoms with van der Waals surface area (Å²) >= 11 is 0. The van der Waals surface area contributed by atoms with Crippen LogP contribution < -0.4 is 9.47 Å². The molecule has 0 radical (unpaired) electrons. The molecule has 58 heavy (non-hydrogen) atoms. The number of aromatic hydroxyl groups is 2. The predicted octanol–water partition coefficient (Wildman–Crippen LogP) is 13.3. The van der Waals surface area contributed by atoms with Gasteiger partial charge in [0.05, 0.1) is 6.61 Å². The Morgan fingerprint density at radius 3 is 1.02 bits per heavy atom. The molecule has 0 aromatic heterocycles. The molecule has 0 atom stereocenters. The van der Waals surface area contributed by atoms with E-state index in [0.717, 1.165) is 68.0 Å². The summed E-state index contributed by atoms with van der Waals surface area (Å²) in [6.45, 7) is 30.0. The van der Waals surface area contributed by atoms with Gasteiger partial charge in [0.15, 0.2) is 0 Å². The Kier molecular flexibility index (Phi) is 11.9. The molecule has 5 aromatic carbocycles. The van der Waals surface area contributed by atoms with E-state index >= 15 is 0 Å². The van der Waals surface area contributed by atoms with Crippen molar-refractivity contribution in [3.05, 3.63) is 151 Å². The fourth-order valence-electron chi connectivity index (χ4n) is 7.95. The number of rotatable bonds is 6. The summed E-state index contributed by atoms with van der Waals surface area (Å²) in [7, 11) is 0. The Balaban J connectivity index is 1.72. The minimum atomic E-state index is -0.161. The van der Waals surface area contributed by atoms with Gasteiger partial charge in [0, 0.05) is 25.7 Å². The summed E-state index contributed by atoms with van der Waals surface area (Å²) in [5.41, 5.74) is 12.8. The fraction of sp³-hybridized carbons (Fsp3) is 0.444. The molecule has 0 saturated heterocycles. The minimum absolute atomic E-state index is 0.141. The highest BCUT2D eigenvalue weighted by molar-refractivity contribution is 5.59. The summed E-state index contributed by atoms with van der Waals surface area (Å²) in [5.74, 6) is 2.29. The van der Waals surface area contributed by atoms with Gasteiger partial charge < -0.3 is 19.7 Å². The van der Waals surface area contributed by atoms with Crippen LogP contribution in [-0.2, 0) is 54.0 Å². The third-order valence-electron chi connectivity index (χ3n) is 11.7. The van der Waals surface area contributed by atoms with E-state index in [0.29, 0.717) is 50.4 Å². The zero-order chi connectivity index (χ0) is 42.4. The Morgan fingerprint density at radius 1 is 0.431 bits per heavy atom. The molecular weight excluding hydrogens is 713 g/mol. The van der Waals surface area contributed by atoms with E-state index < -0.39 is 0 Å². The van der Waals surface area contributed by atoms with E-state index in [-0.39, 0.29) is 21.7 Å². The molecule has 0 spiro atoms. The van der Waals surface area contributed by atoms with Crippen LogP contribution in [0.2, 0.25) is 0 Å². The van der Waals surface area contributed by atoms with Crippen molar-refractivity contribution in [1.29, 1.82) is 0 Å². The average Bonchev–Trinajstić information content (AvgIpc) is 3.12. The number of ether oxygens (including phenoxy) is 2. The topological polar surface area (TPSA) is 58.9 Å². The number of phenols is 2. The molecule has 8 bridgehead atoms. The van der Waals surface area contributed by atoms with Gasteiger partial charge in [-0.15, -0.1) is 0 Å². The standard InChI is InChI=1S/C54H68O4/c1-14-20-57-49-39-21-35-25-43(51(2,3)4)27-37(47(35)55)23-41-31-46(54(11,12)13)32-42(50(41)58-33-34-18-16-15-17-19-34)24-38-28-44(52(5,6)7)26-36(48(38)56)22-40(49)30-45(29-39)53(8,9)10/h15-19,25-32,55-56H,14,20-24,33H2,1-13H3. The molecule has 5 aromatic rings. The van der Waals surface area contributed by atoms with Crippen molar-refractivity contribution >= 4 is 0 Å². The van der Waals surface area contributed by atoms with Crippen LogP contribution in [0.15, 0.2) is 78.9 Å². The monoisotopic (exact) mass is 781 g/mol. The second kappa shape index (κ2) is 16.2. The fourth-order valence-corrected chi connectivity index (χ4v) is 7.95. The Bertz CT molecular complexity index is 2150. The predicted molar refractivity (Wildman–Crippen MR) is 242 cm³/mol. The number of phenolic OH excluding ortho intramolecular Hbond substituents is 2. The van der Waals surface area contributed by atoms with E-state index in [1.165, 1.54) is 22.3 Å². The maximum absolute atomic E-state index is 12.5. The van der Waals surface area contributed by atoms with Gasteiger partial charge in [0.25, 0.3) is 0 Å². The summed E-state index contributed by atoms with van der Waals surface area (Å²) < 4.78 is 13.7. The molecule has 4 heteroatoms. The lowest BCUT2D eigenvalue weighted by molar-refractivity contribution is 0.300. The molecule has 308 valence electrons. The SMILES string of the molecule is CCCOc1c2cc(C(C)(C)C)cc1Cc1cc(C(C)(C)C)cc(c1O)Cc1cc(C(C)(C)C)cc(c1OCc1ccccc1)Cc1cc(C(C)(C)C)cc(c1O)C2. The van der Waals surface area contributed by atoms with Gasteiger partial charge >= 0.3 is 0 Å². The number of benzene rings is 5. The van der Waals surface area contributed by atoms with Gasteiger partial charge in [-0.1, -0.05) is 169 Å². The van der Waals surface area contributed by atoms with Crippen molar-refractivity contribution in [3.8, 4) is 23.0 Å². The molecule has 0 unspecified atom stereocenters. The van der Waals surface area contributed by atoms with Crippen molar-refractivity contribution < 1.29 is 19.7 Å². The van der Waals surface area contributed by atoms with Crippen molar-refractivity contribution in [1.82, 2.24) is 0 Å². The highest BCUT2D eigenvalue weighted by Crippen LogP contribution is 2.44. The average molecular weight is 781 g/mol. The smallest absolute Gasteiger partial charge is 0.126 e. The van der Waals surface area contributed by atoms with Gasteiger partial charge in [-0.2, -0.15) is 0 Å². The third-order valence-corrected chi connectivity index (χ3v) is 11.7. The van der Waals surface area contributed by atoms with E-state index in [4.69, 9.17) is 9.47 Å². The van der Waals surface area contributed by atoms with Crippen LogP contribution in [0.1, 0.15) is 169 Å². The summed E-state index contributed by atoms with van der Waals surface area (Å²) in [6.07, 6.45) is 2.84. The molecular formula is C54H68O4. The van der Waals surface area contributed by atoms with Crippen molar-refractivity contribution in [3.63, 3.8) is 0 Å². The first kappa shape index (κ1) is 42.9. The number of hydrogen-bond acceptors (Lipinski definition) is 4. The lowest BCUT2D eigenvalue weighted by Gasteiger charge is -2.28. The lowest BCUT2D eigenvalue weighted by Crippen LogP contribution is -2.16. The maximum atomic E-state index is 12.5. The van der Waals surface area contributed by atoms with Crippen LogP contribution in [0.4, 0.5) is 0 Å². The first-order chi connectivity index (χ1) is 27.0. The van der Waals surface area contributed by atoms with E-state index in [1.807, 2.05) is 18.2 Å². The van der Waals surface area contributed by atoms with Crippen molar-refractivity contribution in [2.24, 2.45) is 0 Å². The Morgan fingerprint density at radius 2 is 0.724 bits per heavy atom. The van der Waals surface area contributed by atoms with E-state index in [9.17, 15) is 10.2 Å². The molecule has 0 aliphatic heterocycles. The quantitative estimate of drug-likeness (QED) is 0.177. The molecule has 4 nitrogen and oxygen atoms in total. The van der Waals surface area contributed by atoms with Crippen molar-refractivity contribution in [2.75, 3.05) is 6.61 Å². The molecule has 0 heterocycles. The van der Waals surface area contributed by atoms with Gasteiger partial charge in [0.2, 0.25) is 0 Å². The van der Waals surface area contributed by atoms with Crippen LogP contribution in [0.25, 0.3) is 0 Å². The molecule has 1 aliphatic carbocycles. The minimum Gasteiger partial charge on any atom is -0.507 e. The Labute approximate surface area is 349 Å². The van der Waals surface area contributed by atoms with Crippen LogP contribution in [0.3, 0.4) is 0 Å². The molecule has 0 fully saturated rings. The molecule has 6 rings (SSSR count). The van der Waals surface area contributed by atoms with Gasteiger partial charge in [-0.3, -0.25) is 0 Å². The normalized spacial score (nSPS) is 13.7. The summed E-state index contributed by atoms with van der Waals surface area (Å²) in [6, 6.07) is 28.2. The molecule has 0 amide bonds. The van der Waals surface area contributed by atoms with Gasteiger partial charge in [-0.05, 0) is 100 Å². The highest BCUT2D eigenvalue weighted by atomic mass is 16.5.